The molecular formula is C13H24F2N2S. The number of halogens is 2. The average molecular weight is 278 g/mol. The Morgan fingerprint density at radius 3 is 2.72 bits per heavy atom. The van der Waals surface area contributed by atoms with Gasteiger partial charge in [0.1, 0.15) is 0 Å². The Kier molecular flexibility index (Phi) is 5.92. The number of alkyl halides is 2. The lowest BCUT2D eigenvalue weighted by Crippen LogP contribution is -2.39. The number of rotatable bonds is 6. The van der Waals surface area contributed by atoms with Gasteiger partial charge in [0.15, 0.2) is 0 Å². The molecule has 1 aliphatic rings. The van der Waals surface area contributed by atoms with E-state index in [4.69, 9.17) is 18.0 Å². The summed E-state index contributed by atoms with van der Waals surface area (Å²) >= 11 is 4.96. The van der Waals surface area contributed by atoms with Crippen molar-refractivity contribution in [2.24, 2.45) is 17.6 Å². The number of thiocarbonyl (C=S) groups is 1. The fourth-order valence-corrected chi connectivity index (χ4v) is 2.68. The van der Waals surface area contributed by atoms with E-state index in [-0.39, 0.29) is 24.7 Å². The second-order valence-electron chi connectivity index (χ2n) is 5.47. The second kappa shape index (κ2) is 6.75. The summed E-state index contributed by atoms with van der Waals surface area (Å²) in [6.07, 6.45) is 1.64. The summed E-state index contributed by atoms with van der Waals surface area (Å²) in [6.45, 7) is 6.40. The first-order valence-electron chi connectivity index (χ1n) is 6.73. The number of nitrogens with zero attached hydrogens (tertiary/aromatic N) is 1. The molecule has 0 radical (unpaired) electrons. The number of nitrogens with two attached hydrogens (primary N) is 1. The van der Waals surface area contributed by atoms with Crippen molar-refractivity contribution < 1.29 is 8.78 Å². The first-order chi connectivity index (χ1) is 8.34. The minimum atomic E-state index is -2.46. The van der Waals surface area contributed by atoms with Gasteiger partial charge in [0, 0.05) is 31.8 Å². The van der Waals surface area contributed by atoms with Crippen LogP contribution in [0.1, 0.15) is 39.5 Å². The molecular weight excluding hydrogens is 254 g/mol. The molecule has 1 aliphatic carbocycles. The van der Waals surface area contributed by atoms with Crippen LogP contribution in [0.15, 0.2) is 0 Å². The van der Waals surface area contributed by atoms with Gasteiger partial charge in [0.2, 0.25) is 5.92 Å². The summed E-state index contributed by atoms with van der Waals surface area (Å²) in [4.78, 5) is 2.69. The molecule has 0 aliphatic heterocycles. The molecule has 2 nitrogen and oxygen atoms in total. The molecule has 0 aromatic rings. The van der Waals surface area contributed by atoms with Crippen LogP contribution in [0.25, 0.3) is 0 Å². The molecule has 106 valence electrons. The molecule has 0 amide bonds. The largest absolute Gasteiger partial charge is 0.393 e. The van der Waals surface area contributed by atoms with Gasteiger partial charge >= 0.3 is 0 Å². The van der Waals surface area contributed by atoms with Crippen molar-refractivity contribution in [2.45, 2.75) is 45.5 Å². The van der Waals surface area contributed by atoms with Gasteiger partial charge in [-0.25, -0.2) is 8.78 Å². The Hall–Kier alpha value is -0.290. The molecule has 0 aromatic heterocycles. The molecule has 1 rings (SSSR count). The number of hydrogen-bond donors (Lipinski definition) is 1. The molecule has 0 bridgehead atoms. The topological polar surface area (TPSA) is 29.3 Å². The Labute approximate surface area is 114 Å². The van der Waals surface area contributed by atoms with Crippen LogP contribution < -0.4 is 5.73 Å². The Morgan fingerprint density at radius 1 is 1.56 bits per heavy atom. The Bertz CT molecular complexity index is 284. The van der Waals surface area contributed by atoms with Crippen molar-refractivity contribution in [3.05, 3.63) is 0 Å². The summed E-state index contributed by atoms with van der Waals surface area (Å²) in [7, 11) is 0. The van der Waals surface area contributed by atoms with Crippen LogP contribution >= 0.6 is 12.2 Å². The Morgan fingerprint density at radius 2 is 2.22 bits per heavy atom. The fraction of sp³-hybridized carbons (Fsp3) is 0.923. The van der Waals surface area contributed by atoms with Gasteiger partial charge in [-0.15, -0.1) is 0 Å². The highest BCUT2D eigenvalue weighted by molar-refractivity contribution is 7.80. The predicted molar refractivity (Wildman–Crippen MR) is 75.0 cm³/mol. The van der Waals surface area contributed by atoms with Crippen LogP contribution in [-0.4, -0.2) is 35.4 Å². The van der Waals surface area contributed by atoms with Gasteiger partial charge in [0.05, 0.1) is 4.99 Å². The fourth-order valence-electron chi connectivity index (χ4n) is 2.61. The van der Waals surface area contributed by atoms with Crippen molar-refractivity contribution in [2.75, 3.05) is 19.6 Å². The van der Waals surface area contributed by atoms with E-state index in [0.29, 0.717) is 11.4 Å². The third kappa shape index (κ3) is 5.14. The van der Waals surface area contributed by atoms with Gasteiger partial charge in [-0.1, -0.05) is 26.1 Å². The molecule has 0 heterocycles. The molecule has 2 N–H and O–H groups in total. The normalized spacial score (nSPS) is 25.1. The van der Waals surface area contributed by atoms with E-state index in [1.54, 1.807) is 0 Å². The zero-order chi connectivity index (χ0) is 13.8. The smallest absolute Gasteiger partial charge is 0.248 e. The summed E-state index contributed by atoms with van der Waals surface area (Å²) in [6, 6.07) is 0. The Balaban J connectivity index is 2.45. The first kappa shape index (κ1) is 15.8. The van der Waals surface area contributed by atoms with Crippen LogP contribution in [0.4, 0.5) is 8.78 Å². The van der Waals surface area contributed by atoms with Gasteiger partial charge < -0.3 is 10.6 Å². The van der Waals surface area contributed by atoms with Crippen molar-refractivity contribution in [3.63, 3.8) is 0 Å². The molecule has 0 spiro atoms. The zero-order valence-corrected chi connectivity index (χ0v) is 12.1. The highest BCUT2D eigenvalue weighted by Gasteiger charge is 2.36. The lowest BCUT2D eigenvalue weighted by molar-refractivity contribution is -0.0569. The highest BCUT2D eigenvalue weighted by Crippen LogP contribution is 2.36. The molecule has 0 aromatic carbocycles. The monoisotopic (exact) mass is 278 g/mol. The summed E-state index contributed by atoms with van der Waals surface area (Å²) in [5.41, 5.74) is 5.60. The van der Waals surface area contributed by atoms with Crippen molar-refractivity contribution in [1.29, 1.82) is 0 Å². The van der Waals surface area contributed by atoms with Gasteiger partial charge in [0.25, 0.3) is 0 Å². The highest BCUT2D eigenvalue weighted by atomic mass is 32.1. The van der Waals surface area contributed by atoms with Gasteiger partial charge in [-0.05, 0) is 25.3 Å². The molecule has 18 heavy (non-hydrogen) atoms. The van der Waals surface area contributed by atoms with Crippen LogP contribution in [0.2, 0.25) is 0 Å². The van der Waals surface area contributed by atoms with E-state index in [0.717, 1.165) is 26.1 Å². The molecule has 1 fully saturated rings. The van der Waals surface area contributed by atoms with Crippen LogP contribution in [0.3, 0.4) is 0 Å². The predicted octanol–water partition coefficient (Wildman–Crippen LogP) is 3.06. The maximum Gasteiger partial charge on any atom is 0.248 e. The minimum Gasteiger partial charge on any atom is -0.393 e. The summed E-state index contributed by atoms with van der Waals surface area (Å²) < 4.78 is 26.7. The van der Waals surface area contributed by atoms with E-state index in [2.05, 4.69) is 4.90 Å². The van der Waals surface area contributed by atoms with E-state index in [1.807, 2.05) is 13.8 Å². The standard InChI is InChI=1S/C13H24F2N2S/c1-3-17(8-10(2)12(16)18)9-11-5-4-6-13(14,15)7-11/h10-11H,3-9H2,1-2H3,(H2,16,18). The first-order valence-corrected chi connectivity index (χ1v) is 7.14. The third-order valence-electron chi connectivity index (χ3n) is 3.72. The number of hydrogen-bond acceptors (Lipinski definition) is 2. The summed E-state index contributed by atoms with van der Waals surface area (Å²) in [5, 5.41) is 0. The van der Waals surface area contributed by atoms with E-state index in [1.165, 1.54) is 0 Å². The molecule has 5 heteroatoms. The van der Waals surface area contributed by atoms with Crippen molar-refractivity contribution >= 4 is 17.2 Å². The lowest BCUT2D eigenvalue weighted by Gasteiger charge is -2.33. The maximum atomic E-state index is 13.3. The second-order valence-corrected chi connectivity index (χ2v) is 5.95. The minimum absolute atomic E-state index is 0.0327. The van der Waals surface area contributed by atoms with Crippen molar-refractivity contribution in [1.82, 2.24) is 4.90 Å². The zero-order valence-electron chi connectivity index (χ0n) is 11.3. The molecule has 1 saturated carbocycles. The van der Waals surface area contributed by atoms with E-state index >= 15 is 0 Å². The van der Waals surface area contributed by atoms with Crippen LogP contribution in [0.5, 0.6) is 0 Å². The lowest BCUT2D eigenvalue weighted by atomic mass is 9.86. The molecule has 2 unspecified atom stereocenters. The maximum absolute atomic E-state index is 13.3. The van der Waals surface area contributed by atoms with Gasteiger partial charge in [-0.2, -0.15) is 0 Å². The average Bonchev–Trinajstić information content (AvgIpc) is 2.26. The van der Waals surface area contributed by atoms with Gasteiger partial charge in [-0.3, -0.25) is 0 Å². The van der Waals surface area contributed by atoms with Crippen LogP contribution in [0, 0.1) is 11.8 Å². The summed E-state index contributed by atoms with van der Waals surface area (Å²) in [5.74, 6) is -2.21. The molecule has 0 saturated heterocycles. The van der Waals surface area contributed by atoms with E-state index in [9.17, 15) is 8.78 Å². The third-order valence-corrected chi connectivity index (χ3v) is 4.13. The quantitative estimate of drug-likeness (QED) is 0.757. The van der Waals surface area contributed by atoms with E-state index < -0.39 is 5.92 Å². The van der Waals surface area contributed by atoms with Crippen molar-refractivity contribution in [3.8, 4) is 0 Å². The van der Waals surface area contributed by atoms with Crippen LogP contribution in [-0.2, 0) is 0 Å². The SMILES string of the molecule is CCN(CC1CCCC(F)(F)C1)CC(C)C(N)=S. The molecule has 2 atom stereocenters.